The monoisotopic (exact) mass is 417 g/mol. The lowest BCUT2D eigenvalue weighted by atomic mass is 9.95. The Morgan fingerprint density at radius 2 is 1.83 bits per heavy atom. The molecule has 8 nitrogen and oxygen atoms in total. The summed E-state index contributed by atoms with van der Waals surface area (Å²) >= 11 is 0. The minimum absolute atomic E-state index is 0.0174. The highest BCUT2D eigenvalue weighted by atomic mass is 19.1. The molecule has 0 bridgehead atoms. The molecule has 0 spiro atoms. The van der Waals surface area contributed by atoms with E-state index in [1.807, 2.05) is 0 Å². The number of rotatable bonds is 4. The van der Waals surface area contributed by atoms with Crippen molar-refractivity contribution in [1.82, 2.24) is 4.57 Å². The SMILES string of the molecule is CCOC(=O)c1cn(C2CC2)c2cc(C3C(=O)OC(C)(C)OC3=O)c(F)cc2c1=O. The fourth-order valence-electron chi connectivity index (χ4n) is 3.59. The Labute approximate surface area is 170 Å². The number of nitrogens with zero attached hydrogens (tertiary/aromatic N) is 1. The van der Waals surface area contributed by atoms with E-state index in [0.717, 1.165) is 18.9 Å². The van der Waals surface area contributed by atoms with Crippen molar-refractivity contribution in [2.45, 2.75) is 51.4 Å². The topological polar surface area (TPSA) is 101 Å². The van der Waals surface area contributed by atoms with Crippen LogP contribution in [0.3, 0.4) is 0 Å². The smallest absolute Gasteiger partial charge is 0.343 e. The van der Waals surface area contributed by atoms with Gasteiger partial charge in [0.1, 0.15) is 11.4 Å². The summed E-state index contributed by atoms with van der Waals surface area (Å²) in [5.41, 5.74) is -0.801. The number of aromatic nitrogens is 1. The second-order valence-electron chi connectivity index (χ2n) is 7.80. The summed E-state index contributed by atoms with van der Waals surface area (Å²) in [5.74, 6) is -6.64. The zero-order valence-corrected chi connectivity index (χ0v) is 16.7. The lowest BCUT2D eigenvalue weighted by Crippen LogP contribution is -2.45. The van der Waals surface area contributed by atoms with Gasteiger partial charge in [-0.2, -0.15) is 0 Å². The maximum absolute atomic E-state index is 15.0. The molecular formula is C21H20FNO7. The highest BCUT2D eigenvalue weighted by Gasteiger charge is 2.45. The molecule has 1 aliphatic carbocycles. The van der Waals surface area contributed by atoms with Crippen molar-refractivity contribution in [3.05, 3.63) is 45.5 Å². The molecule has 30 heavy (non-hydrogen) atoms. The van der Waals surface area contributed by atoms with Crippen LogP contribution in [0.2, 0.25) is 0 Å². The number of ether oxygens (including phenoxy) is 3. The molecule has 0 amide bonds. The quantitative estimate of drug-likeness (QED) is 0.557. The fraction of sp³-hybridized carbons (Fsp3) is 0.429. The summed E-state index contributed by atoms with van der Waals surface area (Å²) in [4.78, 5) is 49.8. The Hall–Kier alpha value is -3.23. The van der Waals surface area contributed by atoms with Crippen LogP contribution in [0.1, 0.15) is 61.5 Å². The summed E-state index contributed by atoms with van der Waals surface area (Å²) in [6, 6.07) is 2.24. The van der Waals surface area contributed by atoms with E-state index >= 15 is 0 Å². The van der Waals surface area contributed by atoms with Crippen LogP contribution >= 0.6 is 0 Å². The van der Waals surface area contributed by atoms with E-state index in [1.165, 1.54) is 26.1 Å². The minimum atomic E-state index is -1.60. The van der Waals surface area contributed by atoms with Crippen molar-refractivity contribution in [3.8, 4) is 0 Å². The maximum Gasteiger partial charge on any atom is 0.343 e. The van der Waals surface area contributed by atoms with Gasteiger partial charge in [-0.3, -0.25) is 14.4 Å². The molecule has 0 unspecified atom stereocenters. The van der Waals surface area contributed by atoms with Crippen molar-refractivity contribution < 1.29 is 33.0 Å². The highest BCUT2D eigenvalue weighted by Crippen LogP contribution is 2.39. The molecule has 0 atom stereocenters. The van der Waals surface area contributed by atoms with E-state index in [-0.39, 0.29) is 29.2 Å². The molecule has 1 aliphatic heterocycles. The molecule has 1 aromatic carbocycles. The van der Waals surface area contributed by atoms with E-state index in [1.54, 1.807) is 11.5 Å². The lowest BCUT2D eigenvalue weighted by molar-refractivity contribution is -0.234. The first-order valence-corrected chi connectivity index (χ1v) is 9.64. The second-order valence-corrected chi connectivity index (χ2v) is 7.80. The van der Waals surface area contributed by atoms with Gasteiger partial charge in [-0.05, 0) is 31.9 Å². The van der Waals surface area contributed by atoms with Gasteiger partial charge in [0, 0.05) is 37.0 Å². The molecule has 2 fully saturated rings. The number of halogens is 1. The number of hydrogen-bond donors (Lipinski definition) is 0. The molecule has 2 aliphatic rings. The van der Waals surface area contributed by atoms with Crippen LogP contribution in [0.25, 0.3) is 10.9 Å². The van der Waals surface area contributed by atoms with Crippen LogP contribution in [-0.2, 0) is 23.8 Å². The van der Waals surface area contributed by atoms with E-state index in [4.69, 9.17) is 14.2 Å². The van der Waals surface area contributed by atoms with Crippen LogP contribution < -0.4 is 5.43 Å². The van der Waals surface area contributed by atoms with Gasteiger partial charge in [-0.1, -0.05) is 0 Å². The molecule has 9 heteroatoms. The van der Waals surface area contributed by atoms with Crippen LogP contribution in [0.5, 0.6) is 0 Å². The van der Waals surface area contributed by atoms with Crippen molar-refractivity contribution in [2.75, 3.05) is 6.61 Å². The summed E-state index contributed by atoms with van der Waals surface area (Å²) in [5, 5.41) is -0.0356. The Balaban J connectivity index is 1.90. The molecule has 2 aromatic rings. The third-order valence-corrected chi connectivity index (χ3v) is 5.06. The standard InChI is InChI=1S/C21H20FNO7/c1-4-28-18(25)13-9-23(10-5-6-10)15-8-11(14(22)7-12(15)17(13)24)16-19(26)29-21(2,3)30-20(16)27/h7-10,16H,4-6H2,1-3H3. The maximum atomic E-state index is 15.0. The van der Waals surface area contributed by atoms with E-state index in [9.17, 15) is 23.6 Å². The van der Waals surface area contributed by atoms with Gasteiger partial charge in [0.15, 0.2) is 5.92 Å². The Kier molecular flexibility index (Phi) is 4.63. The number of cyclic esters (lactones) is 2. The molecule has 1 aromatic heterocycles. The first-order chi connectivity index (χ1) is 14.1. The lowest BCUT2D eigenvalue weighted by Gasteiger charge is -2.33. The summed E-state index contributed by atoms with van der Waals surface area (Å²) in [7, 11) is 0. The number of esters is 3. The average molecular weight is 417 g/mol. The number of fused-ring (bicyclic) bond motifs is 1. The molecule has 1 saturated carbocycles. The predicted molar refractivity (Wildman–Crippen MR) is 101 cm³/mol. The molecule has 1 saturated heterocycles. The van der Waals surface area contributed by atoms with Gasteiger partial charge in [-0.15, -0.1) is 0 Å². The Morgan fingerprint density at radius 3 is 2.40 bits per heavy atom. The molecule has 4 rings (SSSR count). The first kappa shape index (κ1) is 20.1. The Bertz CT molecular complexity index is 1130. The van der Waals surface area contributed by atoms with Gasteiger partial charge in [0.05, 0.1) is 12.1 Å². The zero-order valence-electron chi connectivity index (χ0n) is 16.7. The largest absolute Gasteiger partial charge is 0.462 e. The zero-order chi connectivity index (χ0) is 21.8. The third kappa shape index (κ3) is 3.34. The van der Waals surface area contributed by atoms with E-state index < -0.39 is 40.9 Å². The third-order valence-electron chi connectivity index (χ3n) is 5.06. The van der Waals surface area contributed by atoms with E-state index in [0.29, 0.717) is 5.52 Å². The summed E-state index contributed by atoms with van der Waals surface area (Å²) < 4.78 is 31.8. The second kappa shape index (κ2) is 6.93. The van der Waals surface area contributed by atoms with Crippen LogP contribution in [0, 0.1) is 5.82 Å². The first-order valence-electron chi connectivity index (χ1n) is 9.64. The number of hydrogen-bond acceptors (Lipinski definition) is 7. The van der Waals surface area contributed by atoms with Crippen molar-refractivity contribution >= 4 is 28.8 Å². The molecule has 0 radical (unpaired) electrons. The van der Waals surface area contributed by atoms with Gasteiger partial charge in [-0.25, -0.2) is 9.18 Å². The average Bonchev–Trinajstić information content (AvgIpc) is 3.46. The number of carbonyl (C=O) groups excluding carboxylic acids is 3. The number of benzene rings is 1. The van der Waals surface area contributed by atoms with Gasteiger partial charge < -0.3 is 18.8 Å². The van der Waals surface area contributed by atoms with Crippen LogP contribution in [0.15, 0.2) is 23.1 Å². The fourth-order valence-corrected chi connectivity index (χ4v) is 3.59. The van der Waals surface area contributed by atoms with Crippen LogP contribution in [-0.4, -0.2) is 34.9 Å². The van der Waals surface area contributed by atoms with Crippen molar-refractivity contribution in [1.29, 1.82) is 0 Å². The minimum Gasteiger partial charge on any atom is -0.462 e. The van der Waals surface area contributed by atoms with Crippen molar-refractivity contribution in [3.63, 3.8) is 0 Å². The van der Waals surface area contributed by atoms with Crippen LogP contribution in [0.4, 0.5) is 4.39 Å². The van der Waals surface area contributed by atoms with Gasteiger partial charge in [0.25, 0.3) is 5.79 Å². The molecule has 158 valence electrons. The molecular weight excluding hydrogens is 397 g/mol. The summed E-state index contributed by atoms with van der Waals surface area (Å²) in [6.07, 6.45) is 3.02. The number of carbonyl (C=O) groups is 3. The molecule has 0 N–H and O–H groups in total. The van der Waals surface area contributed by atoms with Gasteiger partial charge >= 0.3 is 17.9 Å². The number of pyridine rings is 1. The Morgan fingerprint density at radius 1 is 1.20 bits per heavy atom. The van der Waals surface area contributed by atoms with Gasteiger partial charge in [0.2, 0.25) is 5.43 Å². The van der Waals surface area contributed by atoms with E-state index in [2.05, 4.69) is 0 Å². The van der Waals surface area contributed by atoms with Crippen molar-refractivity contribution in [2.24, 2.45) is 0 Å². The normalized spacial score (nSPS) is 18.8. The highest BCUT2D eigenvalue weighted by molar-refractivity contribution is 6.03. The summed E-state index contributed by atoms with van der Waals surface area (Å²) in [6.45, 7) is 4.51. The predicted octanol–water partition coefficient (Wildman–Crippen LogP) is 2.57. The molecule has 2 heterocycles.